The number of carbonyl (C=O) groups excluding carboxylic acids is 8. The van der Waals surface area contributed by atoms with Gasteiger partial charge in [0.2, 0.25) is 0 Å². The van der Waals surface area contributed by atoms with E-state index in [4.69, 9.17) is 38.5 Å². The van der Waals surface area contributed by atoms with Gasteiger partial charge in [0.05, 0.1) is 59.3 Å². The number of imide groups is 1. The van der Waals surface area contributed by atoms with Gasteiger partial charge < -0.3 is 59.8 Å². The summed E-state index contributed by atoms with van der Waals surface area (Å²) >= 11 is 0. The summed E-state index contributed by atoms with van der Waals surface area (Å²) in [5.74, 6) is -1.19. The quantitative estimate of drug-likeness (QED) is 0.0243. The molecule has 0 aliphatic carbocycles. The molecular weight excluding hydrogens is 1490 g/mol. The number of methoxy groups -OCH3 is 4. The van der Waals surface area contributed by atoms with Gasteiger partial charge in [-0.1, -0.05) is 127 Å². The zero-order valence-corrected chi connectivity index (χ0v) is 68.8. The first-order chi connectivity index (χ1) is 53.5. The molecule has 2 atom stereocenters. The van der Waals surface area contributed by atoms with Crippen LogP contribution in [0.1, 0.15) is 113 Å². The average Bonchev–Trinajstić information content (AvgIpc) is 0.742. The Morgan fingerprint density at radius 1 is 0.464 bits per heavy atom. The average molecular weight is 1560 g/mol. The van der Waals surface area contributed by atoms with Crippen molar-refractivity contribution in [2.24, 2.45) is 0 Å². The third-order valence-electron chi connectivity index (χ3n) is 18.1. The largest absolute Gasteiger partial charge is 1.00 e. The van der Waals surface area contributed by atoms with E-state index in [9.17, 15) is 43.5 Å². The van der Waals surface area contributed by atoms with Crippen LogP contribution < -0.4 is 127 Å². The number of benzene rings is 8. The van der Waals surface area contributed by atoms with Crippen LogP contribution >= 0.6 is 0 Å². The maximum atomic E-state index is 13.4. The monoisotopic (exact) mass is 1560 g/mol. The Hall–Kier alpha value is -10.7. The number of amides is 5. The van der Waals surface area contributed by atoms with E-state index in [2.05, 4.69) is 24.8 Å². The molecule has 0 saturated heterocycles. The molecule has 3 aliphatic rings. The standard InChI is InChI=1S/C22H20N2O4.C22H22N2O4.C20H16N2O4.C19H14N2O3.CH2O3.2K.H/c1-3-28-22(26)20-15-11-12-23-19-17(27-2)10-9-16(18(15)19)21(25)24(20)13-14-7-5-4-6-8-14;1-3-28-20(25)15-24(14-16-8-5-4-6-9-16)22(26)18-11-12-19(27-2)21-17(18)10-7-13-23-21;1-26-15-8-7-14-16-13(9-10-21-17(15)16)18(20(24)25)22(19(14)23)11-12-5-3-2-4-6-12;1-24-15-8-7-13-16-14(9-10-20-17(15)16)19(23)21(18(13)22)11-12-5-3-2-4-6-12;2-1-4-3;;;/h4-12,20H,3,13H2,1-2H3;4-13H,3,14-15H2,1-2H3;2-10,18H,11H2,1H3,(H,24,25);2-10H,11H2,1H3;1,3H;;;/q;;;;;2*+1;-1/p-1. The molecule has 28 heteroatoms. The van der Waals surface area contributed by atoms with Crippen LogP contribution in [-0.2, 0) is 59.7 Å². The second kappa shape index (κ2) is 40.5. The number of carboxylic acids is 1. The number of rotatable bonds is 20. The molecular formula is C84H74K2N8O18. The molecule has 0 fully saturated rings. The van der Waals surface area contributed by atoms with Crippen molar-refractivity contribution in [3.63, 3.8) is 0 Å². The number of ether oxygens (including phenoxy) is 6. The fourth-order valence-corrected chi connectivity index (χ4v) is 13.3. The van der Waals surface area contributed by atoms with Crippen LogP contribution in [0, 0.1) is 0 Å². The Morgan fingerprint density at radius 2 is 0.857 bits per heavy atom. The number of fused-ring (bicyclic) bond motifs is 1. The second-order valence-corrected chi connectivity index (χ2v) is 24.5. The van der Waals surface area contributed by atoms with Crippen LogP contribution in [-0.4, -0.2) is 147 Å². The zero-order valence-electron chi connectivity index (χ0n) is 63.5. The number of hydrogen-bond donors (Lipinski definition) is 1. The number of carbonyl (C=O) groups is 9. The van der Waals surface area contributed by atoms with E-state index in [1.165, 1.54) is 21.8 Å². The summed E-state index contributed by atoms with van der Waals surface area (Å²) in [6.45, 7) is 4.75. The van der Waals surface area contributed by atoms with Crippen molar-refractivity contribution < 1.29 is 191 Å². The van der Waals surface area contributed by atoms with Crippen molar-refractivity contribution >= 4 is 97.5 Å². The number of pyridine rings is 4. The van der Waals surface area contributed by atoms with Crippen LogP contribution in [0.15, 0.2) is 225 Å². The first kappa shape index (κ1) is 85.3. The van der Waals surface area contributed by atoms with Crippen LogP contribution in [0.5, 0.6) is 23.0 Å². The molecule has 15 rings (SSSR count). The summed E-state index contributed by atoms with van der Waals surface area (Å²) in [7, 11) is 6.18. The Bertz CT molecular complexity index is 5410. The summed E-state index contributed by atoms with van der Waals surface area (Å²) in [4.78, 5) is 137. The van der Waals surface area contributed by atoms with Crippen molar-refractivity contribution in [2.45, 2.75) is 52.1 Å². The summed E-state index contributed by atoms with van der Waals surface area (Å²) in [6, 6.07) is 58.4. The fraction of sp³-hybridized carbons (Fsp3) is 0.179. The maximum Gasteiger partial charge on any atom is 1.00 e. The van der Waals surface area contributed by atoms with Gasteiger partial charge in [0.25, 0.3) is 36.0 Å². The minimum Gasteiger partial charge on any atom is -1.00 e. The van der Waals surface area contributed by atoms with Gasteiger partial charge in [0.15, 0.2) is 12.1 Å². The molecule has 4 aromatic heterocycles. The Kier molecular flexibility index (Phi) is 30.8. The first-order valence-corrected chi connectivity index (χ1v) is 34.5. The smallest absolute Gasteiger partial charge is 1.00 e. The minimum atomic E-state index is -1.08. The number of nitrogens with zero attached hydrogens (tertiary/aromatic N) is 8. The third-order valence-corrected chi connectivity index (χ3v) is 18.1. The van der Waals surface area contributed by atoms with E-state index in [0.29, 0.717) is 119 Å². The molecule has 8 aromatic carbocycles. The molecule has 0 radical (unpaired) electrons. The van der Waals surface area contributed by atoms with Gasteiger partial charge >= 0.3 is 121 Å². The Morgan fingerprint density at radius 3 is 1.31 bits per heavy atom. The van der Waals surface area contributed by atoms with E-state index in [1.54, 1.807) is 138 Å². The zero-order chi connectivity index (χ0) is 78.0. The van der Waals surface area contributed by atoms with Gasteiger partial charge in [-0.25, -0.2) is 9.59 Å². The molecule has 5 amide bonds. The van der Waals surface area contributed by atoms with Crippen molar-refractivity contribution in [3.8, 4) is 23.0 Å². The normalized spacial score (nSPS) is 13.3. The molecule has 0 spiro atoms. The van der Waals surface area contributed by atoms with Gasteiger partial charge in [0.1, 0.15) is 51.6 Å². The predicted molar refractivity (Wildman–Crippen MR) is 402 cm³/mol. The van der Waals surface area contributed by atoms with Crippen LogP contribution in [0.25, 0.3) is 43.6 Å². The molecule has 0 bridgehead atoms. The number of aromatic nitrogens is 4. The summed E-state index contributed by atoms with van der Waals surface area (Å²) < 4.78 is 31.8. The topological polar surface area (TPSA) is 326 Å². The molecule has 26 nitrogen and oxygen atoms in total. The maximum absolute atomic E-state index is 13.4. The van der Waals surface area contributed by atoms with Crippen molar-refractivity contribution in [2.75, 3.05) is 48.2 Å². The Labute approximate surface area is 729 Å². The molecule has 3 aliphatic heterocycles. The van der Waals surface area contributed by atoms with E-state index in [-0.39, 0.29) is 173 Å². The van der Waals surface area contributed by atoms with E-state index >= 15 is 0 Å². The van der Waals surface area contributed by atoms with Crippen molar-refractivity contribution in [1.29, 1.82) is 0 Å². The number of aliphatic carboxylic acids is 1. The van der Waals surface area contributed by atoms with Crippen molar-refractivity contribution in [3.05, 3.63) is 286 Å². The molecule has 2 unspecified atom stereocenters. The first-order valence-electron chi connectivity index (χ1n) is 34.5. The summed E-state index contributed by atoms with van der Waals surface area (Å²) in [6.07, 6.45) is 6.40. The second-order valence-electron chi connectivity index (χ2n) is 24.5. The van der Waals surface area contributed by atoms with E-state index in [0.717, 1.165) is 22.3 Å². The number of carboxylic acid groups (broad SMARTS) is 1. The minimum absolute atomic E-state index is 0. The van der Waals surface area contributed by atoms with Gasteiger partial charge in [-0.15, -0.1) is 0 Å². The van der Waals surface area contributed by atoms with Gasteiger partial charge in [-0.2, -0.15) is 0 Å². The number of hydrogen-bond acceptors (Lipinski definition) is 21. The molecule has 112 heavy (non-hydrogen) atoms. The van der Waals surface area contributed by atoms with Gasteiger partial charge in [0, 0.05) is 82.7 Å². The summed E-state index contributed by atoms with van der Waals surface area (Å²) in [5.41, 5.74) is 9.46. The molecule has 12 aromatic rings. The predicted octanol–water partition coefficient (Wildman–Crippen LogP) is 5.57. The van der Waals surface area contributed by atoms with Crippen LogP contribution in [0.4, 0.5) is 0 Å². The van der Waals surface area contributed by atoms with Crippen molar-refractivity contribution in [1.82, 2.24) is 39.5 Å². The van der Waals surface area contributed by atoms with Gasteiger partial charge in [-0.3, -0.25) is 58.4 Å². The molecule has 1 N–H and O–H groups in total. The fourth-order valence-electron chi connectivity index (χ4n) is 13.3. The molecule has 560 valence electrons. The van der Waals surface area contributed by atoms with E-state index < -0.39 is 30.0 Å². The number of esters is 2. The molecule has 7 heterocycles. The SMILES string of the molecule is CCOC(=O)C1c2ccnc3c(OC)ccc(c23)C(=O)N1Cc1ccccc1.CCOC(=O)CN(Cc1ccccc1)C(=O)c1ccc(OC)c2ncccc12.COc1ccc2c3c(ccnc13)C(=O)N(Cc1ccccc1)C2=O.COc1ccc2c3c(ccnc13)C(C(=O)O)N(Cc1ccccc1)C2=O.O=CO[O-].[H-].[K+].[K+]. The van der Waals surface area contributed by atoms with Gasteiger partial charge in [-0.05, 0) is 120 Å². The third kappa shape index (κ3) is 18.9. The van der Waals surface area contributed by atoms with Crippen LogP contribution in [0.2, 0.25) is 0 Å². The van der Waals surface area contributed by atoms with E-state index in [1.807, 2.05) is 127 Å². The molecule has 0 saturated carbocycles. The summed E-state index contributed by atoms with van der Waals surface area (Å²) in [5, 5.41) is 20.7. The Balaban J connectivity index is 0.000000184. The van der Waals surface area contributed by atoms with Crippen LogP contribution in [0.3, 0.4) is 0 Å².